The van der Waals surface area contributed by atoms with Crippen molar-refractivity contribution >= 4 is 24.8 Å². The van der Waals surface area contributed by atoms with Gasteiger partial charge in [-0.1, -0.05) is 12.1 Å². The first kappa shape index (κ1) is 19.2. The monoisotopic (exact) mass is 322 g/mol. The van der Waals surface area contributed by atoms with E-state index in [-0.39, 0.29) is 36.7 Å². The molecule has 0 aromatic heterocycles. The largest absolute Gasteiger partial charge is 0.496 e. The smallest absolute Gasteiger partial charge is 0.132 e. The van der Waals surface area contributed by atoms with Gasteiger partial charge in [-0.25, -0.2) is 4.39 Å². The van der Waals surface area contributed by atoms with Crippen LogP contribution in [0.2, 0.25) is 0 Å². The normalized spacial score (nSPS) is 16.5. The number of nitrogens with one attached hydrogen (secondary N) is 1. The lowest BCUT2D eigenvalue weighted by atomic mass is 10.0. The SMILES string of the molecule is C=C[C@@H](c1c(F)cccc1OC)N1CCNCC1.Cl.Cl. The molecular formula is C14H21Cl2FN2O. The molecule has 1 aliphatic rings. The van der Waals surface area contributed by atoms with Crippen molar-refractivity contribution in [1.29, 1.82) is 0 Å². The molecule has 0 unspecified atom stereocenters. The second-order valence-electron chi connectivity index (χ2n) is 4.32. The molecule has 3 nitrogen and oxygen atoms in total. The number of halogens is 3. The zero-order valence-corrected chi connectivity index (χ0v) is 13.1. The van der Waals surface area contributed by atoms with E-state index in [1.807, 2.05) is 0 Å². The van der Waals surface area contributed by atoms with Gasteiger partial charge in [0.25, 0.3) is 0 Å². The Bertz CT molecular complexity index is 426. The summed E-state index contributed by atoms with van der Waals surface area (Å²) >= 11 is 0. The summed E-state index contributed by atoms with van der Waals surface area (Å²) in [5.41, 5.74) is 0.580. The van der Waals surface area contributed by atoms with Crippen LogP contribution < -0.4 is 10.1 Å². The van der Waals surface area contributed by atoms with E-state index in [0.29, 0.717) is 11.3 Å². The molecule has 1 aromatic carbocycles. The lowest BCUT2D eigenvalue weighted by Crippen LogP contribution is -2.44. The van der Waals surface area contributed by atoms with Crippen LogP contribution in [0.15, 0.2) is 30.9 Å². The fourth-order valence-electron chi connectivity index (χ4n) is 2.39. The molecule has 2 rings (SSSR count). The molecule has 0 saturated carbocycles. The number of benzene rings is 1. The Morgan fingerprint density at radius 2 is 2.00 bits per heavy atom. The fourth-order valence-corrected chi connectivity index (χ4v) is 2.39. The summed E-state index contributed by atoms with van der Waals surface area (Å²) in [6.07, 6.45) is 1.78. The zero-order chi connectivity index (χ0) is 13.0. The van der Waals surface area contributed by atoms with Gasteiger partial charge in [-0.05, 0) is 12.1 Å². The molecule has 6 heteroatoms. The number of rotatable bonds is 4. The zero-order valence-electron chi connectivity index (χ0n) is 11.5. The van der Waals surface area contributed by atoms with E-state index in [2.05, 4.69) is 16.8 Å². The molecule has 1 fully saturated rings. The first-order valence-corrected chi connectivity index (χ1v) is 6.17. The van der Waals surface area contributed by atoms with E-state index in [4.69, 9.17) is 4.74 Å². The van der Waals surface area contributed by atoms with Gasteiger partial charge in [0.15, 0.2) is 0 Å². The summed E-state index contributed by atoms with van der Waals surface area (Å²) in [6.45, 7) is 7.45. The van der Waals surface area contributed by atoms with Crippen molar-refractivity contribution in [2.24, 2.45) is 0 Å². The molecule has 1 atom stereocenters. The van der Waals surface area contributed by atoms with Gasteiger partial charge in [0, 0.05) is 26.2 Å². The Morgan fingerprint density at radius 3 is 2.55 bits per heavy atom. The molecule has 0 radical (unpaired) electrons. The topological polar surface area (TPSA) is 24.5 Å². The molecule has 1 heterocycles. The minimum Gasteiger partial charge on any atom is -0.496 e. The van der Waals surface area contributed by atoms with Crippen molar-refractivity contribution < 1.29 is 9.13 Å². The van der Waals surface area contributed by atoms with E-state index >= 15 is 0 Å². The molecule has 1 saturated heterocycles. The third kappa shape index (κ3) is 4.09. The molecule has 0 bridgehead atoms. The number of nitrogens with zero attached hydrogens (tertiary/aromatic N) is 1. The van der Waals surface area contributed by atoms with Crippen LogP contribution in [0.3, 0.4) is 0 Å². The Labute approximate surface area is 132 Å². The van der Waals surface area contributed by atoms with E-state index < -0.39 is 0 Å². The molecule has 0 spiro atoms. The van der Waals surface area contributed by atoms with Crippen LogP contribution in [0.25, 0.3) is 0 Å². The van der Waals surface area contributed by atoms with Crippen LogP contribution in [-0.2, 0) is 0 Å². The highest BCUT2D eigenvalue weighted by atomic mass is 35.5. The van der Waals surface area contributed by atoms with Gasteiger partial charge in [-0.15, -0.1) is 31.4 Å². The summed E-state index contributed by atoms with van der Waals surface area (Å²) in [4.78, 5) is 2.21. The minimum absolute atomic E-state index is 0. The van der Waals surface area contributed by atoms with E-state index in [0.717, 1.165) is 26.2 Å². The van der Waals surface area contributed by atoms with Crippen LogP contribution in [0.5, 0.6) is 5.75 Å². The van der Waals surface area contributed by atoms with E-state index in [9.17, 15) is 4.39 Å². The Hall–Kier alpha value is -0.810. The molecule has 1 aliphatic heterocycles. The van der Waals surface area contributed by atoms with Gasteiger partial charge in [0.2, 0.25) is 0 Å². The maximum atomic E-state index is 14.1. The minimum atomic E-state index is -0.238. The van der Waals surface area contributed by atoms with Crippen LogP contribution in [0.4, 0.5) is 4.39 Å². The van der Waals surface area contributed by atoms with Gasteiger partial charge in [-0.3, -0.25) is 4.90 Å². The van der Waals surface area contributed by atoms with Crippen LogP contribution in [0.1, 0.15) is 11.6 Å². The predicted molar refractivity (Wildman–Crippen MR) is 84.8 cm³/mol. The first-order chi connectivity index (χ1) is 8.77. The van der Waals surface area contributed by atoms with Gasteiger partial charge in [0.1, 0.15) is 11.6 Å². The Morgan fingerprint density at radius 1 is 1.35 bits per heavy atom. The summed E-state index contributed by atoms with van der Waals surface area (Å²) in [5, 5.41) is 3.29. The van der Waals surface area contributed by atoms with Gasteiger partial charge < -0.3 is 10.1 Å². The number of hydrogen-bond acceptors (Lipinski definition) is 3. The number of ether oxygens (including phenoxy) is 1. The fraction of sp³-hybridized carbons (Fsp3) is 0.429. The lowest BCUT2D eigenvalue weighted by Gasteiger charge is -2.34. The number of methoxy groups -OCH3 is 1. The van der Waals surface area contributed by atoms with Crippen molar-refractivity contribution in [3.05, 3.63) is 42.2 Å². The molecule has 0 aliphatic carbocycles. The second kappa shape index (κ2) is 9.19. The van der Waals surface area contributed by atoms with E-state index in [1.165, 1.54) is 6.07 Å². The molecule has 20 heavy (non-hydrogen) atoms. The predicted octanol–water partition coefficient (Wildman–Crippen LogP) is 2.81. The Kier molecular flexibility index (Phi) is 8.81. The molecule has 0 amide bonds. The van der Waals surface area contributed by atoms with Gasteiger partial charge >= 0.3 is 0 Å². The molecular weight excluding hydrogens is 302 g/mol. The summed E-state index contributed by atoms with van der Waals surface area (Å²) in [5.74, 6) is 0.344. The average molecular weight is 323 g/mol. The first-order valence-electron chi connectivity index (χ1n) is 6.17. The van der Waals surface area contributed by atoms with Crippen molar-refractivity contribution in [1.82, 2.24) is 10.2 Å². The van der Waals surface area contributed by atoms with Crippen molar-refractivity contribution in [3.8, 4) is 5.75 Å². The van der Waals surface area contributed by atoms with E-state index in [1.54, 1.807) is 25.3 Å². The standard InChI is InChI=1S/C14H19FN2O.2ClH/c1-3-12(17-9-7-16-8-10-17)14-11(15)5-4-6-13(14)18-2;;/h3-6,12,16H,1,7-10H2,2H3;2*1H/t12-;;/m0../s1. The third-order valence-corrected chi connectivity index (χ3v) is 3.30. The summed E-state index contributed by atoms with van der Waals surface area (Å²) < 4.78 is 19.3. The highest BCUT2D eigenvalue weighted by Gasteiger charge is 2.24. The second-order valence-corrected chi connectivity index (χ2v) is 4.32. The lowest BCUT2D eigenvalue weighted by molar-refractivity contribution is 0.197. The average Bonchev–Trinajstić information content (AvgIpc) is 2.42. The van der Waals surface area contributed by atoms with Crippen LogP contribution in [-0.4, -0.2) is 38.2 Å². The molecule has 1 N–H and O–H groups in total. The highest BCUT2D eigenvalue weighted by Crippen LogP contribution is 2.32. The van der Waals surface area contributed by atoms with Crippen molar-refractivity contribution in [2.75, 3.05) is 33.3 Å². The number of piperazine rings is 1. The third-order valence-electron chi connectivity index (χ3n) is 3.30. The van der Waals surface area contributed by atoms with Crippen LogP contribution in [0, 0.1) is 5.82 Å². The maximum Gasteiger partial charge on any atom is 0.132 e. The quantitative estimate of drug-likeness (QED) is 0.863. The van der Waals surface area contributed by atoms with Crippen molar-refractivity contribution in [2.45, 2.75) is 6.04 Å². The molecule has 1 aromatic rings. The number of hydrogen-bond donors (Lipinski definition) is 1. The molecule has 114 valence electrons. The van der Waals surface area contributed by atoms with Crippen LogP contribution >= 0.6 is 24.8 Å². The summed E-state index contributed by atoms with van der Waals surface area (Å²) in [6, 6.07) is 4.78. The van der Waals surface area contributed by atoms with Gasteiger partial charge in [0.05, 0.1) is 18.7 Å². The van der Waals surface area contributed by atoms with Crippen molar-refractivity contribution in [3.63, 3.8) is 0 Å². The van der Waals surface area contributed by atoms with Gasteiger partial charge in [-0.2, -0.15) is 0 Å². The highest BCUT2D eigenvalue weighted by molar-refractivity contribution is 5.85. The maximum absolute atomic E-state index is 14.1. The summed E-state index contributed by atoms with van der Waals surface area (Å²) in [7, 11) is 1.57. The Balaban J connectivity index is 0.00000180.